The first kappa shape index (κ1) is 41.0. The molecule has 0 bridgehead atoms. The highest BCUT2D eigenvalue weighted by Crippen LogP contribution is 2.48. The van der Waals surface area contributed by atoms with Gasteiger partial charge in [0.05, 0.1) is 31.2 Å². The number of amides is 1. The summed E-state index contributed by atoms with van der Waals surface area (Å²) in [4.78, 5) is 26.7. The Labute approximate surface area is 342 Å². The van der Waals surface area contributed by atoms with Gasteiger partial charge in [0.25, 0.3) is 0 Å². The number of methoxy groups -OCH3 is 1. The molecule has 0 unspecified atom stereocenters. The molecule has 1 saturated carbocycles. The minimum atomic E-state index is -0.713. The topological polar surface area (TPSA) is 110 Å². The van der Waals surface area contributed by atoms with Gasteiger partial charge in [0.15, 0.2) is 5.79 Å². The molecule has 7 rings (SSSR count). The van der Waals surface area contributed by atoms with Crippen LogP contribution in [0.4, 0.5) is 10.6 Å². The van der Waals surface area contributed by atoms with Crippen molar-refractivity contribution in [1.82, 2.24) is 19.4 Å². The number of para-hydroxylation sites is 1. The van der Waals surface area contributed by atoms with E-state index >= 15 is 0 Å². The van der Waals surface area contributed by atoms with Crippen molar-refractivity contribution < 1.29 is 33.2 Å². The van der Waals surface area contributed by atoms with Gasteiger partial charge < -0.3 is 42.8 Å². The molecule has 0 radical (unpaired) electrons. The largest absolute Gasteiger partial charge is 0.497 e. The zero-order valence-electron chi connectivity index (χ0n) is 34.8. The van der Waals surface area contributed by atoms with Crippen molar-refractivity contribution in [1.29, 1.82) is 0 Å². The van der Waals surface area contributed by atoms with Gasteiger partial charge in [-0.15, -0.1) is 0 Å². The Morgan fingerprint density at radius 3 is 2.41 bits per heavy atom. The average molecular weight is 792 g/mol. The summed E-state index contributed by atoms with van der Waals surface area (Å²) in [5.74, 6) is 2.63. The Kier molecular flexibility index (Phi) is 12.6. The number of carbonyl (C=O) groups excluding carboxylic acids is 1. The average Bonchev–Trinajstić information content (AvgIpc) is 3.86. The van der Waals surface area contributed by atoms with E-state index in [4.69, 9.17) is 33.4 Å². The van der Waals surface area contributed by atoms with E-state index in [1.165, 1.54) is 0 Å². The second kappa shape index (κ2) is 17.8. The highest BCUT2D eigenvalue weighted by Gasteiger charge is 2.54. The summed E-state index contributed by atoms with van der Waals surface area (Å²) in [7, 11) is 3.72. The summed E-state index contributed by atoms with van der Waals surface area (Å²) < 4.78 is 38.8. The standard InChI is InChI=1S/C46H57N5O7/c1-45(2,3)58-44(52)50(24-21-32-13-11-16-37(27-32)55-36-14-9-8-10-15-36)23-12-26-54-30-34-28-39(41-40(34)56-46(4,5)57-41)51-25-22-38-42(47-31-48-43(38)51)49(6)29-33-17-19-35(53-7)20-18-33/h8-11,13-20,22,25,27,31,34,39-41H,12,21,23-24,26,28-30H2,1-7H3/t34-,39-,40-,41+/m1/s1. The van der Waals surface area contributed by atoms with E-state index < -0.39 is 11.4 Å². The van der Waals surface area contributed by atoms with Crippen LogP contribution < -0.4 is 14.4 Å². The second-order valence-corrected chi connectivity index (χ2v) is 16.7. The molecule has 12 nitrogen and oxygen atoms in total. The number of fused-ring (bicyclic) bond motifs is 2. The third-order valence-corrected chi connectivity index (χ3v) is 10.6. The second-order valence-electron chi connectivity index (χ2n) is 16.7. The lowest BCUT2D eigenvalue weighted by Crippen LogP contribution is -2.39. The number of hydrogen-bond acceptors (Lipinski definition) is 10. The van der Waals surface area contributed by atoms with Gasteiger partial charge in [-0.05, 0) is 107 Å². The van der Waals surface area contributed by atoms with Gasteiger partial charge in [-0.2, -0.15) is 0 Å². The summed E-state index contributed by atoms with van der Waals surface area (Å²) in [5.41, 5.74) is 2.49. The molecule has 0 spiro atoms. The minimum absolute atomic E-state index is 0.00627. The summed E-state index contributed by atoms with van der Waals surface area (Å²) in [6.07, 6.45) is 5.25. The van der Waals surface area contributed by atoms with Crippen LogP contribution in [0, 0.1) is 5.92 Å². The fourth-order valence-corrected chi connectivity index (χ4v) is 7.97. The predicted molar refractivity (Wildman–Crippen MR) is 224 cm³/mol. The van der Waals surface area contributed by atoms with E-state index in [0.717, 1.165) is 51.6 Å². The number of aromatic nitrogens is 3. The normalized spacial score (nSPS) is 19.8. The first-order valence-corrected chi connectivity index (χ1v) is 20.2. The SMILES string of the molecule is COc1ccc(CN(C)c2ncnc3c2ccn3[C@@H]2C[C@H](COCCCN(CCc3cccc(Oc4ccccc4)c3)C(=O)OC(C)(C)C)[C@H]3OC(C)(C)O[C@H]32)cc1. The van der Waals surface area contributed by atoms with Crippen LogP contribution in [0.1, 0.15) is 64.6 Å². The van der Waals surface area contributed by atoms with E-state index in [1.54, 1.807) is 18.3 Å². The molecule has 2 fully saturated rings. The van der Waals surface area contributed by atoms with Crippen molar-refractivity contribution >= 4 is 22.9 Å². The maximum absolute atomic E-state index is 13.3. The van der Waals surface area contributed by atoms with Gasteiger partial charge in [-0.25, -0.2) is 14.8 Å². The quantitative estimate of drug-likeness (QED) is 0.0900. The van der Waals surface area contributed by atoms with E-state index in [0.29, 0.717) is 45.7 Å². The number of benzene rings is 3. The van der Waals surface area contributed by atoms with Crippen molar-refractivity contribution in [3.8, 4) is 17.2 Å². The zero-order chi connectivity index (χ0) is 40.9. The van der Waals surface area contributed by atoms with E-state index in [2.05, 4.69) is 44.9 Å². The molecule has 1 amide bonds. The smallest absolute Gasteiger partial charge is 0.410 e. The van der Waals surface area contributed by atoms with Crippen LogP contribution in [-0.4, -0.2) is 89.6 Å². The third-order valence-electron chi connectivity index (χ3n) is 10.6. The van der Waals surface area contributed by atoms with Crippen molar-refractivity contribution in [3.05, 3.63) is 109 Å². The molecule has 1 aliphatic carbocycles. The Morgan fingerprint density at radius 1 is 0.897 bits per heavy atom. The molecule has 4 atom stereocenters. The van der Waals surface area contributed by atoms with E-state index in [9.17, 15) is 4.79 Å². The number of rotatable bonds is 16. The van der Waals surface area contributed by atoms with Gasteiger partial charge in [-0.3, -0.25) is 0 Å². The van der Waals surface area contributed by atoms with Gasteiger partial charge >= 0.3 is 6.09 Å². The van der Waals surface area contributed by atoms with Gasteiger partial charge in [0.1, 0.15) is 46.7 Å². The number of hydrogen-bond donors (Lipinski definition) is 0. The number of carbonyl (C=O) groups is 1. The van der Waals surface area contributed by atoms with Crippen LogP contribution in [0.15, 0.2) is 97.5 Å². The molecule has 2 aromatic heterocycles. The molecule has 5 aromatic rings. The zero-order valence-corrected chi connectivity index (χ0v) is 34.8. The monoisotopic (exact) mass is 791 g/mol. The Balaban J connectivity index is 0.967. The lowest BCUT2D eigenvalue weighted by molar-refractivity contribution is -0.162. The molecule has 12 heteroatoms. The first-order chi connectivity index (χ1) is 27.9. The Morgan fingerprint density at radius 2 is 1.66 bits per heavy atom. The minimum Gasteiger partial charge on any atom is -0.497 e. The summed E-state index contributed by atoms with van der Waals surface area (Å²) >= 11 is 0. The Bertz CT molecular complexity index is 2120. The van der Waals surface area contributed by atoms with Crippen molar-refractivity contribution in [2.45, 2.75) is 90.1 Å². The highest BCUT2D eigenvalue weighted by atomic mass is 16.8. The molecule has 2 aliphatic rings. The number of nitrogens with zero attached hydrogens (tertiary/aromatic N) is 5. The fraction of sp³-hybridized carbons (Fsp3) is 0.457. The first-order valence-electron chi connectivity index (χ1n) is 20.2. The molecule has 3 aromatic carbocycles. The lowest BCUT2D eigenvalue weighted by atomic mass is 10.1. The maximum atomic E-state index is 13.3. The van der Waals surface area contributed by atoms with Crippen LogP contribution in [-0.2, 0) is 31.9 Å². The highest BCUT2D eigenvalue weighted by molar-refractivity contribution is 5.88. The molecule has 0 N–H and O–H groups in total. The molecule has 58 heavy (non-hydrogen) atoms. The molecule has 3 heterocycles. The maximum Gasteiger partial charge on any atom is 0.410 e. The van der Waals surface area contributed by atoms with Gasteiger partial charge in [0, 0.05) is 45.4 Å². The summed E-state index contributed by atoms with van der Waals surface area (Å²) in [6.45, 7) is 12.3. The lowest BCUT2D eigenvalue weighted by Gasteiger charge is -2.27. The third kappa shape index (κ3) is 10.1. The van der Waals surface area contributed by atoms with Crippen LogP contribution >= 0.6 is 0 Å². The molecular formula is C46H57N5O7. The number of ether oxygens (including phenoxy) is 6. The van der Waals surface area contributed by atoms with E-state index in [-0.39, 0.29) is 30.3 Å². The molecule has 1 saturated heterocycles. The predicted octanol–water partition coefficient (Wildman–Crippen LogP) is 8.84. The summed E-state index contributed by atoms with van der Waals surface area (Å²) in [5, 5.41) is 0.982. The van der Waals surface area contributed by atoms with Crippen LogP contribution in [0.2, 0.25) is 0 Å². The van der Waals surface area contributed by atoms with Crippen LogP contribution in [0.3, 0.4) is 0 Å². The summed E-state index contributed by atoms with van der Waals surface area (Å²) in [6, 6.07) is 27.9. The molecule has 308 valence electrons. The van der Waals surface area contributed by atoms with Crippen molar-refractivity contribution in [2.75, 3.05) is 45.4 Å². The Hall–Kier alpha value is -5.17. The molecule has 1 aliphatic heterocycles. The van der Waals surface area contributed by atoms with E-state index in [1.807, 2.05) is 102 Å². The number of anilines is 1. The van der Waals surface area contributed by atoms with Crippen molar-refractivity contribution in [2.24, 2.45) is 5.92 Å². The van der Waals surface area contributed by atoms with Crippen molar-refractivity contribution in [3.63, 3.8) is 0 Å². The van der Waals surface area contributed by atoms with Crippen LogP contribution in [0.25, 0.3) is 11.0 Å². The van der Waals surface area contributed by atoms with Gasteiger partial charge in [0.2, 0.25) is 0 Å². The van der Waals surface area contributed by atoms with Gasteiger partial charge in [-0.1, -0.05) is 42.5 Å². The van der Waals surface area contributed by atoms with Crippen LogP contribution in [0.5, 0.6) is 17.2 Å². The molecular weight excluding hydrogens is 735 g/mol. The fourth-order valence-electron chi connectivity index (χ4n) is 7.97.